The highest BCUT2D eigenvalue weighted by atomic mass is 79.9. The van der Waals surface area contributed by atoms with Gasteiger partial charge in [-0.15, -0.1) is 0 Å². The Morgan fingerprint density at radius 1 is 1.35 bits per heavy atom. The molecule has 0 atom stereocenters. The molecule has 1 aromatic rings. The van der Waals surface area contributed by atoms with Crippen LogP contribution in [0, 0.1) is 5.82 Å². The summed E-state index contributed by atoms with van der Waals surface area (Å²) in [5, 5.41) is 0. The lowest BCUT2D eigenvalue weighted by Crippen LogP contribution is -2.37. The summed E-state index contributed by atoms with van der Waals surface area (Å²) < 4.78 is 24.6. The van der Waals surface area contributed by atoms with E-state index in [2.05, 4.69) is 20.7 Å². The molecular formula is C14H17BrFNO3. The lowest BCUT2D eigenvalue weighted by atomic mass is 10.1. The van der Waals surface area contributed by atoms with Crippen molar-refractivity contribution in [2.24, 2.45) is 0 Å². The normalized spacial score (nSPS) is 16.3. The van der Waals surface area contributed by atoms with Crippen molar-refractivity contribution in [1.29, 1.82) is 0 Å². The van der Waals surface area contributed by atoms with Crippen LogP contribution < -0.4 is 4.90 Å². The maximum Gasteiger partial charge on any atom is 0.339 e. The number of halogens is 2. The fourth-order valence-electron chi connectivity index (χ4n) is 2.38. The summed E-state index contributed by atoms with van der Waals surface area (Å²) in [6.45, 7) is 1.47. The van der Waals surface area contributed by atoms with Crippen molar-refractivity contribution < 1.29 is 18.7 Å². The van der Waals surface area contributed by atoms with E-state index in [-0.39, 0.29) is 11.7 Å². The van der Waals surface area contributed by atoms with Gasteiger partial charge in [0.05, 0.1) is 24.5 Å². The molecule has 110 valence electrons. The van der Waals surface area contributed by atoms with Gasteiger partial charge in [0.1, 0.15) is 5.82 Å². The van der Waals surface area contributed by atoms with Gasteiger partial charge in [-0.3, -0.25) is 0 Å². The molecular weight excluding hydrogens is 329 g/mol. The third-order valence-electron chi connectivity index (χ3n) is 3.56. The van der Waals surface area contributed by atoms with Crippen molar-refractivity contribution in [1.82, 2.24) is 0 Å². The first kappa shape index (κ1) is 15.3. The molecule has 0 saturated carbocycles. The number of carbonyl (C=O) groups is 1. The zero-order chi connectivity index (χ0) is 14.7. The summed E-state index contributed by atoms with van der Waals surface area (Å²) in [5.74, 6) is -0.968. The highest BCUT2D eigenvalue weighted by Gasteiger charge is 2.23. The zero-order valence-electron chi connectivity index (χ0n) is 11.5. The second-order valence-electron chi connectivity index (χ2n) is 4.70. The lowest BCUT2D eigenvalue weighted by molar-refractivity contribution is 0.0599. The number of hydrogen-bond donors (Lipinski definition) is 0. The minimum Gasteiger partial charge on any atom is -0.465 e. The summed E-state index contributed by atoms with van der Waals surface area (Å²) in [6, 6.07) is 2.85. The van der Waals surface area contributed by atoms with Crippen LogP contribution in [-0.2, 0) is 9.47 Å². The molecule has 1 aliphatic heterocycles. The third-order valence-corrected chi connectivity index (χ3v) is 4.21. The highest BCUT2D eigenvalue weighted by molar-refractivity contribution is 9.10. The predicted octanol–water partition coefficient (Wildman–Crippen LogP) is 2.99. The molecule has 6 heteroatoms. The number of anilines is 1. The van der Waals surface area contributed by atoms with Gasteiger partial charge in [-0.2, -0.15) is 0 Å². The van der Waals surface area contributed by atoms with E-state index in [9.17, 15) is 9.18 Å². The summed E-state index contributed by atoms with van der Waals surface area (Å²) >= 11 is 3.30. The van der Waals surface area contributed by atoms with E-state index in [0.717, 1.165) is 25.9 Å². The molecule has 0 radical (unpaired) electrons. The number of nitrogens with zero attached hydrogens (tertiary/aromatic N) is 1. The minimum atomic E-state index is -0.555. The summed E-state index contributed by atoms with van der Waals surface area (Å²) in [7, 11) is 2.97. The largest absolute Gasteiger partial charge is 0.465 e. The van der Waals surface area contributed by atoms with E-state index in [1.807, 2.05) is 4.90 Å². The minimum absolute atomic E-state index is 0.195. The summed E-state index contributed by atoms with van der Waals surface area (Å²) in [6.07, 6.45) is 1.98. The Morgan fingerprint density at radius 3 is 2.55 bits per heavy atom. The summed E-state index contributed by atoms with van der Waals surface area (Å²) in [5.41, 5.74) is 0.694. The maximum atomic E-state index is 14.2. The van der Waals surface area contributed by atoms with Crippen LogP contribution in [0.5, 0.6) is 0 Å². The second kappa shape index (κ2) is 6.54. The van der Waals surface area contributed by atoms with E-state index in [4.69, 9.17) is 4.74 Å². The van der Waals surface area contributed by atoms with Crippen LogP contribution in [0.4, 0.5) is 10.1 Å². The zero-order valence-corrected chi connectivity index (χ0v) is 13.1. The predicted molar refractivity (Wildman–Crippen MR) is 77.7 cm³/mol. The van der Waals surface area contributed by atoms with Crippen LogP contribution in [-0.4, -0.2) is 39.4 Å². The van der Waals surface area contributed by atoms with Gasteiger partial charge in [0.25, 0.3) is 0 Å². The van der Waals surface area contributed by atoms with Gasteiger partial charge < -0.3 is 14.4 Å². The van der Waals surface area contributed by atoms with Crippen molar-refractivity contribution in [3.05, 3.63) is 28.0 Å². The standard InChI is InChI=1S/C14H17BrFNO3/c1-19-9-3-5-17(6-4-9)13-8-11(15)10(7-12(13)16)14(18)20-2/h7-9H,3-6H2,1-2H3. The Kier molecular flexibility index (Phi) is 4.99. The highest BCUT2D eigenvalue weighted by Crippen LogP contribution is 2.30. The van der Waals surface area contributed by atoms with Crippen LogP contribution in [0.15, 0.2) is 16.6 Å². The first-order valence-electron chi connectivity index (χ1n) is 6.42. The van der Waals surface area contributed by atoms with E-state index < -0.39 is 11.8 Å². The maximum absolute atomic E-state index is 14.2. The Hall–Kier alpha value is -1.14. The molecule has 0 bridgehead atoms. The van der Waals surface area contributed by atoms with Crippen molar-refractivity contribution in [2.75, 3.05) is 32.2 Å². The average Bonchev–Trinajstić information content (AvgIpc) is 2.48. The molecule has 0 aliphatic carbocycles. The smallest absolute Gasteiger partial charge is 0.339 e. The van der Waals surface area contributed by atoms with Crippen molar-refractivity contribution >= 4 is 27.6 Å². The van der Waals surface area contributed by atoms with Crippen LogP contribution in [0.3, 0.4) is 0 Å². The van der Waals surface area contributed by atoms with Crippen molar-refractivity contribution in [3.8, 4) is 0 Å². The molecule has 0 spiro atoms. The molecule has 2 rings (SSSR count). The monoisotopic (exact) mass is 345 g/mol. The van der Waals surface area contributed by atoms with Gasteiger partial charge in [0.15, 0.2) is 0 Å². The molecule has 0 unspecified atom stereocenters. The molecule has 0 amide bonds. The average molecular weight is 346 g/mol. The Morgan fingerprint density at radius 2 is 2.00 bits per heavy atom. The molecule has 1 aromatic carbocycles. The number of benzene rings is 1. The molecule has 1 fully saturated rings. The van der Waals surface area contributed by atoms with Crippen molar-refractivity contribution in [2.45, 2.75) is 18.9 Å². The van der Waals surface area contributed by atoms with Gasteiger partial charge in [0.2, 0.25) is 0 Å². The number of ether oxygens (including phenoxy) is 2. The molecule has 1 aliphatic rings. The molecule has 0 N–H and O–H groups in total. The SMILES string of the molecule is COC(=O)c1cc(F)c(N2CCC(OC)CC2)cc1Br. The molecule has 0 aromatic heterocycles. The van der Waals surface area contributed by atoms with Crippen LogP contribution in [0.2, 0.25) is 0 Å². The van der Waals surface area contributed by atoms with Crippen LogP contribution >= 0.6 is 15.9 Å². The van der Waals surface area contributed by atoms with Crippen LogP contribution in [0.25, 0.3) is 0 Å². The Labute approximate surface area is 126 Å². The van der Waals surface area contributed by atoms with Gasteiger partial charge in [-0.1, -0.05) is 0 Å². The number of carbonyl (C=O) groups excluding carboxylic acids is 1. The van der Waals surface area contributed by atoms with Crippen molar-refractivity contribution in [3.63, 3.8) is 0 Å². The lowest BCUT2D eigenvalue weighted by Gasteiger charge is -2.33. The number of methoxy groups -OCH3 is 2. The third kappa shape index (κ3) is 3.12. The van der Waals surface area contributed by atoms with Crippen LogP contribution in [0.1, 0.15) is 23.2 Å². The molecule has 20 heavy (non-hydrogen) atoms. The van der Waals surface area contributed by atoms with Gasteiger partial charge >= 0.3 is 5.97 Å². The number of rotatable bonds is 3. The topological polar surface area (TPSA) is 38.8 Å². The van der Waals surface area contributed by atoms with E-state index in [1.165, 1.54) is 13.2 Å². The molecule has 4 nitrogen and oxygen atoms in total. The van der Waals surface area contributed by atoms with Gasteiger partial charge in [0, 0.05) is 24.7 Å². The number of piperidine rings is 1. The quantitative estimate of drug-likeness (QED) is 0.789. The van der Waals surface area contributed by atoms with E-state index >= 15 is 0 Å². The Bertz CT molecular complexity index is 501. The van der Waals surface area contributed by atoms with E-state index in [0.29, 0.717) is 10.2 Å². The number of esters is 1. The first-order valence-corrected chi connectivity index (χ1v) is 7.21. The fourth-order valence-corrected chi connectivity index (χ4v) is 2.87. The Balaban J connectivity index is 2.21. The molecule has 1 saturated heterocycles. The van der Waals surface area contributed by atoms with E-state index in [1.54, 1.807) is 13.2 Å². The fraction of sp³-hybridized carbons (Fsp3) is 0.500. The van der Waals surface area contributed by atoms with Gasteiger partial charge in [-0.25, -0.2) is 9.18 Å². The number of hydrogen-bond acceptors (Lipinski definition) is 4. The first-order chi connectivity index (χ1) is 9.56. The molecule has 1 heterocycles. The second-order valence-corrected chi connectivity index (χ2v) is 5.55. The van der Waals surface area contributed by atoms with Gasteiger partial charge in [-0.05, 0) is 40.9 Å². The summed E-state index contributed by atoms with van der Waals surface area (Å²) in [4.78, 5) is 13.5.